The van der Waals surface area contributed by atoms with Gasteiger partial charge >= 0.3 is 7.12 Å². The molecule has 0 fully saturated rings. The van der Waals surface area contributed by atoms with E-state index in [2.05, 4.69) is 0 Å². The smallest absolute Gasteiger partial charge is 0.480 e. The molecule has 0 aliphatic carbocycles. The van der Waals surface area contributed by atoms with Gasteiger partial charge in [0.25, 0.3) is 0 Å². The lowest BCUT2D eigenvalue weighted by Crippen LogP contribution is -2.05. The summed E-state index contributed by atoms with van der Waals surface area (Å²) in [6.45, 7) is 0. The summed E-state index contributed by atoms with van der Waals surface area (Å²) in [6.07, 6.45) is 1.49. The van der Waals surface area contributed by atoms with E-state index < -0.39 is 7.12 Å². The standard InChI is InChI=1S/C9H11BO4/c1-14-9-3-2-7(6-8(9)11)4-5-10(12)13/h2-6,11-13H,1H3/b5-4+. The maximum Gasteiger partial charge on any atom is 0.480 e. The molecule has 1 rings (SSSR count). The second-order valence-corrected chi connectivity index (χ2v) is 2.70. The Bertz CT molecular complexity index is 336. The molecular formula is C9H11BO4. The van der Waals surface area contributed by atoms with Crippen LogP contribution in [0.3, 0.4) is 0 Å². The van der Waals surface area contributed by atoms with Crippen molar-refractivity contribution in [3.63, 3.8) is 0 Å². The van der Waals surface area contributed by atoms with Gasteiger partial charge in [-0.2, -0.15) is 0 Å². The third-order valence-corrected chi connectivity index (χ3v) is 1.66. The van der Waals surface area contributed by atoms with E-state index in [1.165, 1.54) is 25.2 Å². The van der Waals surface area contributed by atoms with E-state index in [1.807, 2.05) is 0 Å². The van der Waals surface area contributed by atoms with E-state index in [0.717, 1.165) is 0 Å². The fraction of sp³-hybridized carbons (Fsp3) is 0.111. The Morgan fingerprint density at radius 1 is 1.36 bits per heavy atom. The summed E-state index contributed by atoms with van der Waals surface area (Å²) < 4.78 is 4.85. The molecule has 1 aromatic rings. The van der Waals surface area contributed by atoms with Crippen molar-refractivity contribution in [1.29, 1.82) is 0 Å². The monoisotopic (exact) mass is 194 g/mol. The van der Waals surface area contributed by atoms with Crippen LogP contribution >= 0.6 is 0 Å². The van der Waals surface area contributed by atoms with Crippen LogP contribution in [0.1, 0.15) is 5.56 Å². The molecule has 4 nitrogen and oxygen atoms in total. The molecule has 0 bridgehead atoms. The van der Waals surface area contributed by atoms with Crippen LogP contribution in [0.4, 0.5) is 0 Å². The topological polar surface area (TPSA) is 69.9 Å². The first kappa shape index (κ1) is 10.6. The lowest BCUT2D eigenvalue weighted by atomic mass is 9.91. The summed E-state index contributed by atoms with van der Waals surface area (Å²) in [4.78, 5) is 0. The van der Waals surface area contributed by atoms with Crippen molar-refractivity contribution in [1.82, 2.24) is 0 Å². The number of hydrogen-bond donors (Lipinski definition) is 3. The highest BCUT2D eigenvalue weighted by molar-refractivity contribution is 6.48. The van der Waals surface area contributed by atoms with Crippen LogP contribution in [-0.4, -0.2) is 29.4 Å². The van der Waals surface area contributed by atoms with Crippen molar-refractivity contribution in [2.45, 2.75) is 0 Å². The minimum Gasteiger partial charge on any atom is -0.504 e. The van der Waals surface area contributed by atoms with Gasteiger partial charge in [-0.1, -0.05) is 18.1 Å². The lowest BCUT2D eigenvalue weighted by molar-refractivity contribution is 0.373. The number of benzene rings is 1. The number of ether oxygens (including phenoxy) is 1. The number of methoxy groups -OCH3 is 1. The minimum absolute atomic E-state index is 0.0158. The van der Waals surface area contributed by atoms with Crippen LogP contribution in [0.15, 0.2) is 24.2 Å². The highest BCUT2D eigenvalue weighted by atomic mass is 16.5. The predicted molar refractivity (Wildman–Crippen MR) is 53.9 cm³/mol. The first-order chi connectivity index (χ1) is 6.63. The average molecular weight is 194 g/mol. The first-order valence-corrected chi connectivity index (χ1v) is 4.05. The van der Waals surface area contributed by atoms with Gasteiger partial charge in [0.15, 0.2) is 11.5 Å². The predicted octanol–water partition coefficient (Wildman–Crippen LogP) is 0.426. The summed E-state index contributed by atoms with van der Waals surface area (Å²) in [5, 5.41) is 26.5. The van der Waals surface area contributed by atoms with Gasteiger partial charge in [0.2, 0.25) is 0 Å². The third kappa shape index (κ3) is 2.79. The molecule has 0 spiro atoms. The van der Waals surface area contributed by atoms with Crippen molar-refractivity contribution >= 4 is 13.2 Å². The molecular weight excluding hydrogens is 183 g/mol. The number of rotatable bonds is 3. The molecule has 0 saturated heterocycles. The molecule has 0 aliphatic rings. The van der Waals surface area contributed by atoms with Crippen LogP contribution in [0, 0.1) is 0 Å². The molecule has 1 aromatic carbocycles. The van der Waals surface area contributed by atoms with E-state index >= 15 is 0 Å². The Labute approximate surface area is 82.2 Å². The number of phenolic OH excluding ortho intramolecular Hbond substituents is 1. The van der Waals surface area contributed by atoms with Gasteiger partial charge in [0.1, 0.15) is 0 Å². The SMILES string of the molecule is COc1ccc(/C=C/B(O)O)cc1O. The van der Waals surface area contributed by atoms with Crippen LogP contribution < -0.4 is 4.74 Å². The zero-order valence-electron chi connectivity index (χ0n) is 7.71. The lowest BCUT2D eigenvalue weighted by Gasteiger charge is -2.03. The second kappa shape index (κ2) is 4.69. The Morgan fingerprint density at radius 3 is 2.57 bits per heavy atom. The summed E-state index contributed by atoms with van der Waals surface area (Å²) in [5.74, 6) is 1.59. The van der Waals surface area contributed by atoms with E-state index in [9.17, 15) is 5.11 Å². The molecule has 0 radical (unpaired) electrons. The van der Waals surface area contributed by atoms with Gasteiger partial charge in [0.05, 0.1) is 7.11 Å². The van der Waals surface area contributed by atoms with Gasteiger partial charge in [-0.15, -0.1) is 0 Å². The van der Waals surface area contributed by atoms with Gasteiger partial charge in [-0.25, -0.2) is 0 Å². The third-order valence-electron chi connectivity index (χ3n) is 1.66. The molecule has 0 aliphatic heterocycles. The molecule has 0 unspecified atom stereocenters. The first-order valence-electron chi connectivity index (χ1n) is 4.05. The molecule has 0 heterocycles. The molecule has 0 saturated carbocycles. The Balaban J connectivity index is 2.86. The summed E-state index contributed by atoms with van der Waals surface area (Å²) in [6, 6.07) is 4.76. The molecule has 74 valence electrons. The summed E-state index contributed by atoms with van der Waals surface area (Å²) in [5.41, 5.74) is 0.663. The Hall–Kier alpha value is -1.46. The van der Waals surface area contributed by atoms with Gasteiger partial charge in [-0.05, 0) is 17.7 Å². The van der Waals surface area contributed by atoms with E-state index in [1.54, 1.807) is 12.1 Å². The molecule has 0 aromatic heterocycles. The second-order valence-electron chi connectivity index (χ2n) is 2.70. The van der Waals surface area contributed by atoms with E-state index in [-0.39, 0.29) is 5.75 Å². The molecule has 14 heavy (non-hydrogen) atoms. The maximum absolute atomic E-state index is 9.37. The van der Waals surface area contributed by atoms with Crippen molar-refractivity contribution in [3.05, 3.63) is 29.7 Å². The molecule has 0 amide bonds. The van der Waals surface area contributed by atoms with E-state index in [4.69, 9.17) is 14.8 Å². The number of aromatic hydroxyl groups is 1. The molecule has 5 heteroatoms. The van der Waals surface area contributed by atoms with Gasteiger partial charge in [0, 0.05) is 0 Å². The van der Waals surface area contributed by atoms with Gasteiger partial charge in [-0.3, -0.25) is 0 Å². The quantitative estimate of drug-likeness (QED) is 0.610. The minimum atomic E-state index is -1.49. The highest BCUT2D eigenvalue weighted by Gasteiger charge is 2.02. The Kier molecular flexibility index (Phi) is 3.56. The van der Waals surface area contributed by atoms with Crippen LogP contribution in [0.5, 0.6) is 11.5 Å². The van der Waals surface area contributed by atoms with E-state index in [0.29, 0.717) is 11.3 Å². The number of phenols is 1. The van der Waals surface area contributed by atoms with Crippen molar-refractivity contribution in [2.24, 2.45) is 0 Å². The average Bonchev–Trinajstić information content (AvgIpc) is 2.15. The van der Waals surface area contributed by atoms with Crippen LogP contribution in [0.25, 0.3) is 6.08 Å². The van der Waals surface area contributed by atoms with Gasteiger partial charge < -0.3 is 19.9 Å². The fourth-order valence-electron chi connectivity index (χ4n) is 1.01. The molecule has 0 atom stereocenters. The Morgan fingerprint density at radius 2 is 2.07 bits per heavy atom. The summed E-state index contributed by atoms with van der Waals surface area (Å²) >= 11 is 0. The summed E-state index contributed by atoms with van der Waals surface area (Å²) in [7, 11) is -0.0265. The van der Waals surface area contributed by atoms with Crippen molar-refractivity contribution < 1.29 is 19.9 Å². The zero-order chi connectivity index (χ0) is 10.6. The molecule has 3 N–H and O–H groups in total. The maximum atomic E-state index is 9.37. The zero-order valence-corrected chi connectivity index (χ0v) is 7.71. The number of hydrogen-bond acceptors (Lipinski definition) is 4. The van der Waals surface area contributed by atoms with Crippen molar-refractivity contribution in [2.75, 3.05) is 7.11 Å². The fourth-order valence-corrected chi connectivity index (χ4v) is 1.01. The van der Waals surface area contributed by atoms with Crippen LogP contribution in [-0.2, 0) is 0 Å². The normalized spacial score (nSPS) is 10.5. The van der Waals surface area contributed by atoms with Crippen molar-refractivity contribution in [3.8, 4) is 11.5 Å². The highest BCUT2D eigenvalue weighted by Crippen LogP contribution is 2.26. The largest absolute Gasteiger partial charge is 0.504 e. The van der Waals surface area contributed by atoms with Crippen LogP contribution in [0.2, 0.25) is 0 Å².